The molecule has 0 unspecified atom stereocenters. The van der Waals surface area contributed by atoms with Crippen molar-refractivity contribution in [3.63, 3.8) is 0 Å². The fourth-order valence-electron chi connectivity index (χ4n) is 2.25. The fraction of sp³-hybridized carbons (Fsp3) is 0.111. The van der Waals surface area contributed by atoms with Gasteiger partial charge in [0.2, 0.25) is 0 Å². The quantitative estimate of drug-likeness (QED) is 0.775. The van der Waals surface area contributed by atoms with E-state index in [9.17, 15) is 9.59 Å². The number of thioether (sulfide) groups is 1. The molecule has 0 bridgehead atoms. The molecule has 0 spiro atoms. The van der Waals surface area contributed by atoms with Crippen molar-refractivity contribution in [2.45, 2.75) is 6.92 Å². The Hall–Kier alpha value is -2.33. The maximum absolute atomic E-state index is 11.9. The average Bonchev–Trinajstić information content (AvgIpc) is 2.76. The summed E-state index contributed by atoms with van der Waals surface area (Å²) >= 11 is 0.979. The van der Waals surface area contributed by atoms with E-state index in [2.05, 4.69) is 31.2 Å². The Kier molecular flexibility index (Phi) is 3.86. The lowest BCUT2D eigenvalue weighted by atomic mass is 10.0. The minimum Gasteiger partial charge on any atom is -0.272 e. The summed E-state index contributed by atoms with van der Waals surface area (Å²) in [7, 11) is 1.50. The number of carbonyl (C=O) groups is 2. The van der Waals surface area contributed by atoms with Crippen LogP contribution in [0.25, 0.3) is 17.2 Å². The van der Waals surface area contributed by atoms with Crippen LogP contribution in [0.5, 0.6) is 0 Å². The minimum atomic E-state index is -0.240. The highest BCUT2D eigenvalue weighted by Gasteiger charge is 2.31. The summed E-state index contributed by atoms with van der Waals surface area (Å²) in [6.45, 7) is 2.06. The standard InChI is InChI=1S/C18H15NO2S/c1-12-6-8-14(9-7-12)15-5-3-4-13(10-15)11-16-17(20)19(2)18(21)22-16/h3-11H,1-2H3/b16-11-. The molecule has 1 fully saturated rings. The second-order valence-corrected chi connectivity index (χ2v) is 6.23. The number of carbonyl (C=O) groups excluding carboxylic acids is 2. The van der Waals surface area contributed by atoms with Gasteiger partial charge in [-0.1, -0.05) is 48.0 Å². The molecule has 1 aliphatic rings. The summed E-state index contributed by atoms with van der Waals surface area (Å²) in [6, 6.07) is 16.2. The first-order valence-corrected chi connectivity index (χ1v) is 7.75. The topological polar surface area (TPSA) is 37.4 Å². The van der Waals surface area contributed by atoms with Gasteiger partial charge in [0.05, 0.1) is 4.91 Å². The molecule has 0 aliphatic carbocycles. The molecule has 1 saturated heterocycles. The van der Waals surface area contributed by atoms with Crippen molar-refractivity contribution in [3.05, 3.63) is 64.6 Å². The summed E-state index contributed by atoms with van der Waals surface area (Å²) in [6.07, 6.45) is 1.77. The zero-order valence-corrected chi connectivity index (χ0v) is 13.2. The second-order valence-electron chi connectivity index (χ2n) is 5.23. The van der Waals surface area contributed by atoms with Crippen LogP contribution in [0.4, 0.5) is 4.79 Å². The molecule has 2 aromatic carbocycles. The molecule has 110 valence electrons. The Labute approximate surface area is 133 Å². The summed E-state index contributed by atoms with van der Waals surface area (Å²) < 4.78 is 0. The zero-order valence-electron chi connectivity index (χ0n) is 12.4. The van der Waals surface area contributed by atoms with Crippen LogP contribution in [0.3, 0.4) is 0 Å². The predicted molar refractivity (Wildman–Crippen MR) is 90.3 cm³/mol. The molecule has 0 radical (unpaired) electrons. The molecule has 0 saturated carbocycles. The van der Waals surface area contributed by atoms with E-state index in [1.54, 1.807) is 6.08 Å². The van der Waals surface area contributed by atoms with E-state index in [-0.39, 0.29) is 11.1 Å². The van der Waals surface area contributed by atoms with Gasteiger partial charge in [-0.2, -0.15) is 0 Å². The molecule has 0 N–H and O–H groups in total. The van der Waals surface area contributed by atoms with Gasteiger partial charge in [-0.3, -0.25) is 14.5 Å². The summed E-state index contributed by atoms with van der Waals surface area (Å²) in [4.78, 5) is 25.1. The maximum Gasteiger partial charge on any atom is 0.293 e. The minimum absolute atomic E-state index is 0.231. The van der Waals surface area contributed by atoms with Gasteiger partial charge >= 0.3 is 0 Å². The van der Waals surface area contributed by atoms with Crippen molar-refractivity contribution in [2.75, 3.05) is 7.05 Å². The van der Waals surface area contributed by atoms with Crippen molar-refractivity contribution >= 4 is 29.0 Å². The van der Waals surface area contributed by atoms with Gasteiger partial charge in [-0.05, 0) is 47.5 Å². The van der Waals surface area contributed by atoms with E-state index in [4.69, 9.17) is 0 Å². The number of aryl methyl sites for hydroxylation is 1. The van der Waals surface area contributed by atoms with Crippen molar-refractivity contribution in [3.8, 4) is 11.1 Å². The highest BCUT2D eigenvalue weighted by molar-refractivity contribution is 8.18. The molecule has 3 rings (SSSR count). The predicted octanol–water partition coefficient (Wildman–Crippen LogP) is 4.33. The Bertz CT molecular complexity index is 778. The van der Waals surface area contributed by atoms with E-state index < -0.39 is 0 Å². The van der Waals surface area contributed by atoms with Crippen LogP contribution in [-0.2, 0) is 4.79 Å². The summed E-state index contributed by atoms with van der Waals surface area (Å²) in [5.41, 5.74) is 4.35. The fourth-order valence-corrected chi connectivity index (χ4v) is 3.08. The van der Waals surface area contributed by atoms with Gasteiger partial charge in [0.25, 0.3) is 11.1 Å². The van der Waals surface area contributed by atoms with Gasteiger partial charge in [0.15, 0.2) is 0 Å². The second kappa shape index (κ2) is 5.81. The van der Waals surface area contributed by atoms with Crippen LogP contribution in [0.15, 0.2) is 53.4 Å². The van der Waals surface area contributed by atoms with E-state index >= 15 is 0 Å². The van der Waals surface area contributed by atoms with Crippen LogP contribution < -0.4 is 0 Å². The Morgan fingerprint density at radius 2 is 1.73 bits per heavy atom. The summed E-state index contributed by atoms with van der Waals surface area (Å²) in [5.74, 6) is -0.240. The lowest BCUT2D eigenvalue weighted by molar-refractivity contribution is -0.121. The number of imide groups is 1. The number of hydrogen-bond donors (Lipinski definition) is 0. The van der Waals surface area contributed by atoms with Gasteiger partial charge in [0, 0.05) is 7.05 Å². The molecular formula is C18H15NO2S. The first-order valence-electron chi connectivity index (χ1n) is 6.93. The number of rotatable bonds is 2. The zero-order chi connectivity index (χ0) is 15.7. The largest absolute Gasteiger partial charge is 0.293 e. The molecule has 1 aliphatic heterocycles. The van der Waals surface area contributed by atoms with E-state index in [0.29, 0.717) is 4.91 Å². The first-order chi connectivity index (χ1) is 10.5. The average molecular weight is 309 g/mol. The van der Waals surface area contributed by atoms with E-state index in [1.807, 2.05) is 24.3 Å². The van der Waals surface area contributed by atoms with Gasteiger partial charge in [-0.15, -0.1) is 0 Å². The number of likely N-dealkylation sites (N-methyl/N-ethyl adjacent to an activating group) is 1. The van der Waals surface area contributed by atoms with Crippen molar-refractivity contribution in [2.24, 2.45) is 0 Å². The molecular weight excluding hydrogens is 294 g/mol. The monoisotopic (exact) mass is 309 g/mol. The molecule has 1 heterocycles. The first kappa shape index (κ1) is 14.6. The number of amides is 2. The van der Waals surface area contributed by atoms with E-state index in [0.717, 1.165) is 33.4 Å². The van der Waals surface area contributed by atoms with Crippen LogP contribution in [-0.4, -0.2) is 23.1 Å². The van der Waals surface area contributed by atoms with Gasteiger partial charge < -0.3 is 0 Å². The third kappa shape index (κ3) is 2.83. The molecule has 3 nitrogen and oxygen atoms in total. The molecule has 2 amide bonds. The maximum atomic E-state index is 11.9. The normalized spacial score (nSPS) is 16.6. The SMILES string of the molecule is Cc1ccc(-c2cccc(/C=C3\SC(=O)N(C)C3=O)c2)cc1. The van der Waals surface area contributed by atoms with E-state index in [1.165, 1.54) is 12.6 Å². The molecule has 0 aromatic heterocycles. The van der Waals surface area contributed by atoms with Gasteiger partial charge in [0.1, 0.15) is 0 Å². The van der Waals surface area contributed by atoms with Crippen LogP contribution >= 0.6 is 11.8 Å². The Morgan fingerprint density at radius 1 is 1.00 bits per heavy atom. The molecule has 22 heavy (non-hydrogen) atoms. The number of nitrogens with zero attached hydrogens (tertiary/aromatic N) is 1. The third-order valence-electron chi connectivity index (χ3n) is 3.56. The molecule has 0 atom stereocenters. The Balaban J connectivity index is 1.94. The van der Waals surface area contributed by atoms with Crippen LogP contribution in [0.2, 0.25) is 0 Å². The smallest absolute Gasteiger partial charge is 0.272 e. The number of hydrogen-bond acceptors (Lipinski definition) is 3. The summed E-state index contributed by atoms with van der Waals surface area (Å²) in [5, 5.41) is -0.231. The van der Waals surface area contributed by atoms with Gasteiger partial charge in [-0.25, -0.2) is 0 Å². The van der Waals surface area contributed by atoms with Crippen LogP contribution in [0.1, 0.15) is 11.1 Å². The third-order valence-corrected chi connectivity index (χ3v) is 4.52. The Morgan fingerprint density at radius 3 is 2.36 bits per heavy atom. The number of benzene rings is 2. The van der Waals surface area contributed by atoms with Crippen molar-refractivity contribution < 1.29 is 9.59 Å². The lowest BCUT2D eigenvalue weighted by Gasteiger charge is -2.04. The molecule has 4 heteroatoms. The van der Waals surface area contributed by atoms with Crippen molar-refractivity contribution in [1.82, 2.24) is 4.90 Å². The lowest BCUT2D eigenvalue weighted by Crippen LogP contribution is -2.22. The highest BCUT2D eigenvalue weighted by Crippen LogP contribution is 2.31. The molecule has 2 aromatic rings. The highest BCUT2D eigenvalue weighted by atomic mass is 32.2. The van der Waals surface area contributed by atoms with Crippen LogP contribution in [0, 0.1) is 6.92 Å². The van der Waals surface area contributed by atoms with Crippen molar-refractivity contribution in [1.29, 1.82) is 0 Å².